The number of pyridine rings is 1. The average Bonchev–Trinajstić information content (AvgIpc) is 2.81. The minimum Gasteiger partial charge on any atom is -0.363 e. The van der Waals surface area contributed by atoms with Crippen molar-refractivity contribution in [1.29, 1.82) is 0 Å². The summed E-state index contributed by atoms with van der Waals surface area (Å²) in [6.07, 6.45) is 3.55. The fraction of sp³-hybridized carbons (Fsp3) is 0.286. The molecule has 0 spiro atoms. The van der Waals surface area contributed by atoms with Gasteiger partial charge in [0.1, 0.15) is 10.6 Å². The Hall–Kier alpha value is -2.08. The first-order valence-electron chi connectivity index (χ1n) is 6.38. The lowest BCUT2D eigenvalue weighted by Gasteiger charge is -2.05. The van der Waals surface area contributed by atoms with Crippen molar-refractivity contribution in [2.45, 2.75) is 27.3 Å². The SMILES string of the molecule is Cc1cnc(CNc2nsc3nc(C)cc(C)c23)cn1. The summed E-state index contributed by atoms with van der Waals surface area (Å²) in [6.45, 7) is 6.62. The van der Waals surface area contributed by atoms with Crippen LogP contribution in [0.15, 0.2) is 18.5 Å². The quantitative estimate of drug-likeness (QED) is 0.801. The molecule has 0 bridgehead atoms. The van der Waals surface area contributed by atoms with Crippen LogP contribution in [0.1, 0.15) is 22.6 Å². The minimum absolute atomic E-state index is 0.611. The van der Waals surface area contributed by atoms with Crippen LogP contribution in [-0.2, 0) is 6.54 Å². The van der Waals surface area contributed by atoms with Crippen molar-refractivity contribution in [3.8, 4) is 0 Å². The van der Waals surface area contributed by atoms with Gasteiger partial charge in [-0.2, -0.15) is 4.37 Å². The van der Waals surface area contributed by atoms with E-state index in [1.807, 2.05) is 13.8 Å². The van der Waals surface area contributed by atoms with E-state index in [1.54, 1.807) is 12.4 Å². The second kappa shape index (κ2) is 5.13. The molecule has 0 aliphatic carbocycles. The average molecular weight is 285 g/mol. The Morgan fingerprint density at radius 3 is 2.70 bits per heavy atom. The van der Waals surface area contributed by atoms with Crippen LogP contribution in [0, 0.1) is 20.8 Å². The van der Waals surface area contributed by atoms with E-state index in [0.29, 0.717) is 6.54 Å². The number of nitrogens with one attached hydrogen (secondary N) is 1. The Morgan fingerprint density at radius 2 is 1.95 bits per heavy atom. The van der Waals surface area contributed by atoms with Gasteiger partial charge in [-0.05, 0) is 43.9 Å². The van der Waals surface area contributed by atoms with Crippen molar-refractivity contribution in [1.82, 2.24) is 19.3 Å². The molecule has 3 rings (SSSR count). The minimum atomic E-state index is 0.611. The number of aryl methyl sites for hydroxylation is 3. The smallest absolute Gasteiger partial charge is 0.149 e. The van der Waals surface area contributed by atoms with Crippen LogP contribution in [0.4, 0.5) is 5.82 Å². The molecule has 6 heteroatoms. The van der Waals surface area contributed by atoms with Crippen molar-refractivity contribution < 1.29 is 0 Å². The van der Waals surface area contributed by atoms with Crippen molar-refractivity contribution in [2.24, 2.45) is 0 Å². The molecule has 0 aliphatic heterocycles. The molecule has 3 aromatic rings. The number of fused-ring (bicyclic) bond motifs is 1. The van der Waals surface area contributed by atoms with Crippen LogP contribution < -0.4 is 5.32 Å². The highest BCUT2D eigenvalue weighted by molar-refractivity contribution is 7.13. The van der Waals surface area contributed by atoms with Crippen molar-refractivity contribution in [3.05, 3.63) is 41.1 Å². The highest BCUT2D eigenvalue weighted by Gasteiger charge is 2.10. The molecular weight excluding hydrogens is 270 g/mol. The molecule has 0 saturated heterocycles. The zero-order valence-electron chi connectivity index (χ0n) is 11.6. The summed E-state index contributed by atoms with van der Waals surface area (Å²) in [5, 5.41) is 4.42. The predicted octanol–water partition coefficient (Wildman–Crippen LogP) is 3.02. The van der Waals surface area contributed by atoms with Gasteiger partial charge < -0.3 is 5.32 Å². The summed E-state index contributed by atoms with van der Waals surface area (Å²) in [6, 6.07) is 2.08. The summed E-state index contributed by atoms with van der Waals surface area (Å²) in [7, 11) is 0. The standard InChI is InChI=1S/C14H15N5S/c1-8-4-9(2)18-14-12(8)13(19-20-14)17-7-11-6-15-10(3)5-16-11/h4-6H,7H2,1-3H3,(H,17,19). The van der Waals surface area contributed by atoms with Gasteiger partial charge in [-0.3, -0.25) is 9.97 Å². The van der Waals surface area contributed by atoms with E-state index in [1.165, 1.54) is 17.1 Å². The molecule has 0 amide bonds. The number of aromatic nitrogens is 4. The first-order chi connectivity index (χ1) is 9.63. The van der Waals surface area contributed by atoms with Crippen LogP contribution in [-0.4, -0.2) is 19.3 Å². The maximum absolute atomic E-state index is 4.51. The zero-order chi connectivity index (χ0) is 14.1. The topological polar surface area (TPSA) is 63.6 Å². The molecule has 0 fully saturated rings. The van der Waals surface area contributed by atoms with Gasteiger partial charge in [0.25, 0.3) is 0 Å². The van der Waals surface area contributed by atoms with Crippen LogP contribution in [0.2, 0.25) is 0 Å². The molecular formula is C14H15N5S. The van der Waals surface area contributed by atoms with Crippen LogP contribution in [0.25, 0.3) is 10.2 Å². The van der Waals surface area contributed by atoms with Crippen LogP contribution in [0.3, 0.4) is 0 Å². The van der Waals surface area contributed by atoms with Gasteiger partial charge in [0, 0.05) is 11.9 Å². The number of hydrogen-bond donors (Lipinski definition) is 1. The molecule has 5 nitrogen and oxygen atoms in total. The lowest BCUT2D eigenvalue weighted by Crippen LogP contribution is -2.03. The molecule has 0 saturated carbocycles. The van der Waals surface area contributed by atoms with E-state index in [0.717, 1.165) is 33.1 Å². The third kappa shape index (κ3) is 2.46. The first kappa shape index (κ1) is 12.9. The predicted molar refractivity (Wildman–Crippen MR) is 81.0 cm³/mol. The number of nitrogens with zero attached hydrogens (tertiary/aromatic N) is 4. The summed E-state index contributed by atoms with van der Waals surface area (Å²) in [5.41, 5.74) is 4.03. The van der Waals surface area contributed by atoms with Gasteiger partial charge in [-0.15, -0.1) is 0 Å². The van der Waals surface area contributed by atoms with Crippen molar-refractivity contribution in [2.75, 3.05) is 5.32 Å². The molecule has 20 heavy (non-hydrogen) atoms. The zero-order valence-corrected chi connectivity index (χ0v) is 12.5. The Bertz CT molecular complexity index is 748. The monoisotopic (exact) mass is 285 g/mol. The molecule has 3 heterocycles. The summed E-state index contributed by atoms with van der Waals surface area (Å²) < 4.78 is 4.45. The third-order valence-electron chi connectivity index (χ3n) is 3.04. The number of hydrogen-bond acceptors (Lipinski definition) is 6. The van der Waals surface area contributed by atoms with Gasteiger partial charge in [0.2, 0.25) is 0 Å². The van der Waals surface area contributed by atoms with Crippen molar-refractivity contribution >= 4 is 27.6 Å². The lowest BCUT2D eigenvalue weighted by atomic mass is 10.2. The Kier molecular flexibility index (Phi) is 3.31. The van der Waals surface area contributed by atoms with E-state index in [-0.39, 0.29) is 0 Å². The molecule has 1 N–H and O–H groups in total. The van der Waals surface area contributed by atoms with Crippen LogP contribution >= 0.6 is 11.5 Å². The molecule has 0 unspecified atom stereocenters. The third-order valence-corrected chi connectivity index (χ3v) is 3.79. The molecule has 0 aromatic carbocycles. The maximum atomic E-state index is 4.51. The normalized spacial score (nSPS) is 10.9. The molecule has 102 valence electrons. The highest BCUT2D eigenvalue weighted by Crippen LogP contribution is 2.28. The fourth-order valence-corrected chi connectivity index (χ4v) is 2.96. The van der Waals surface area contributed by atoms with Crippen molar-refractivity contribution in [3.63, 3.8) is 0 Å². The Morgan fingerprint density at radius 1 is 1.10 bits per heavy atom. The largest absolute Gasteiger partial charge is 0.363 e. The molecule has 0 aliphatic rings. The second-order valence-electron chi connectivity index (χ2n) is 4.79. The Labute approximate surface area is 121 Å². The van der Waals surface area contributed by atoms with E-state index >= 15 is 0 Å². The van der Waals surface area contributed by atoms with E-state index in [2.05, 4.69) is 37.6 Å². The summed E-state index contributed by atoms with van der Waals surface area (Å²) in [4.78, 5) is 14.1. The molecule has 3 aromatic heterocycles. The lowest BCUT2D eigenvalue weighted by molar-refractivity contribution is 0.982. The summed E-state index contributed by atoms with van der Waals surface area (Å²) in [5.74, 6) is 0.873. The van der Waals surface area contributed by atoms with E-state index < -0.39 is 0 Å². The van der Waals surface area contributed by atoms with Gasteiger partial charge in [0.15, 0.2) is 0 Å². The van der Waals surface area contributed by atoms with Gasteiger partial charge in [0.05, 0.1) is 29.5 Å². The van der Waals surface area contributed by atoms with Gasteiger partial charge >= 0.3 is 0 Å². The second-order valence-corrected chi connectivity index (χ2v) is 5.55. The number of rotatable bonds is 3. The fourth-order valence-electron chi connectivity index (χ4n) is 2.10. The molecule has 0 atom stereocenters. The van der Waals surface area contributed by atoms with Crippen LogP contribution in [0.5, 0.6) is 0 Å². The van der Waals surface area contributed by atoms with E-state index in [4.69, 9.17) is 0 Å². The first-order valence-corrected chi connectivity index (χ1v) is 7.16. The van der Waals surface area contributed by atoms with Gasteiger partial charge in [-0.25, -0.2) is 4.98 Å². The maximum Gasteiger partial charge on any atom is 0.149 e. The molecule has 0 radical (unpaired) electrons. The highest BCUT2D eigenvalue weighted by atomic mass is 32.1. The number of anilines is 1. The Balaban J connectivity index is 1.86. The van der Waals surface area contributed by atoms with Gasteiger partial charge in [-0.1, -0.05) is 0 Å². The summed E-state index contributed by atoms with van der Waals surface area (Å²) >= 11 is 1.42. The van der Waals surface area contributed by atoms with E-state index in [9.17, 15) is 0 Å².